The van der Waals surface area contributed by atoms with Gasteiger partial charge in [-0.1, -0.05) is 6.07 Å². The molecule has 2 rings (SSSR count). The monoisotopic (exact) mass is 224 g/mol. The number of hydrogen-bond acceptors (Lipinski definition) is 2. The Balaban J connectivity index is 2.37. The smallest absolute Gasteiger partial charge is 0.335 e. The lowest BCUT2D eigenvalue weighted by Crippen LogP contribution is -2.03. The summed E-state index contributed by atoms with van der Waals surface area (Å²) in [6.45, 7) is 1.74. The summed E-state index contributed by atoms with van der Waals surface area (Å²) in [7, 11) is -1.02. The number of aromatic carboxylic acids is 1. The number of carboxylic acids is 1. The highest BCUT2D eigenvalue weighted by molar-refractivity contribution is 7.86. The third kappa shape index (κ3) is 2.09. The van der Waals surface area contributed by atoms with Crippen molar-refractivity contribution in [1.29, 1.82) is 0 Å². The highest BCUT2D eigenvalue weighted by Gasteiger charge is 2.29. The second-order valence-corrected chi connectivity index (χ2v) is 5.51. The van der Waals surface area contributed by atoms with E-state index in [9.17, 15) is 9.00 Å². The Bertz CT molecular complexity index is 435. The largest absolute Gasteiger partial charge is 0.478 e. The highest BCUT2D eigenvalue weighted by Crippen LogP contribution is 2.30. The van der Waals surface area contributed by atoms with Gasteiger partial charge in [0.15, 0.2) is 0 Å². The average Bonchev–Trinajstić information content (AvgIpc) is 3.00. The van der Waals surface area contributed by atoms with Gasteiger partial charge in [-0.05, 0) is 37.5 Å². The first kappa shape index (κ1) is 10.4. The maximum Gasteiger partial charge on any atom is 0.335 e. The fourth-order valence-electron chi connectivity index (χ4n) is 1.43. The van der Waals surface area contributed by atoms with Crippen molar-refractivity contribution in [1.82, 2.24) is 0 Å². The molecule has 0 spiro atoms. The zero-order valence-electron chi connectivity index (χ0n) is 8.40. The number of carbonyl (C=O) groups is 1. The van der Waals surface area contributed by atoms with Crippen LogP contribution in [0.3, 0.4) is 0 Å². The molecule has 0 aliphatic heterocycles. The zero-order valence-corrected chi connectivity index (χ0v) is 9.21. The molecule has 80 valence electrons. The Morgan fingerprint density at radius 3 is 2.67 bits per heavy atom. The van der Waals surface area contributed by atoms with Crippen molar-refractivity contribution >= 4 is 16.8 Å². The molecule has 1 N–H and O–H groups in total. The summed E-state index contributed by atoms with van der Waals surface area (Å²) >= 11 is 0. The summed E-state index contributed by atoms with van der Waals surface area (Å²) < 4.78 is 11.8. The van der Waals surface area contributed by atoms with Gasteiger partial charge in [0.2, 0.25) is 0 Å². The van der Waals surface area contributed by atoms with Crippen LogP contribution < -0.4 is 0 Å². The van der Waals surface area contributed by atoms with Crippen molar-refractivity contribution < 1.29 is 14.1 Å². The van der Waals surface area contributed by atoms with Crippen LogP contribution in [-0.4, -0.2) is 20.5 Å². The van der Waals surface area contributed by atoms with Crippen LogP contribution in [0.4, 0.5) is 0 Å². The van der Waals surface area contributed by atoms with Crippen LogP contribution >= 0.6 is 0 Å². The molecule has 0 bridgehead atoms. The first-order valence-electron chi connectivity index (χ1n) is 4.84. The normalized spacial score (nSPS) is 17.4. The SMILES string of the molecule is Cc1ccc(S(=O)C2CC2)cc1C(=O)O. The maximum atomic E-state index is 11.8. The van der Waals surface area contributed by atoms with Gasteiger partial charge in [0, 0.05) is 10.1 Å². The number of rotatable bonds is 3. The Morgan fingerprint density at radius 1 is 1.47 bits per heavy atom. The van der Waals surface area contributed by atoms with Gasteiger partial charge in [-0.3, -0.25) is 4.21 Å². The van der Waals surface area contributed by atoms with Crippen molar-refractivity contribution in [2.45, 2.75) is 29.9 Å². The summed E-state index contributed by atoms with van der Waals surface area (Å²) in [4.78, 5) is 11.5. The summed E-state index contributed by atoms with van der Waals surface area (Å²) in [5.74, 6) is -0.956. The van der Waals surface area contributed by atoms with Crippen LogP contribution in [0.25, 0.3) is 0 Å². The number of hydrogen-bond donors (Lipinski definition) is 1. The molecule has 1 saturated carbocycles. The van der Waals surface area contributed by atoms with E-state index in [4.69, 9.17) is 5.11 Å². The lowest BCUT2D eigenvalue weighted by atomic mass is 10.1. The van der Waals surface area contributed by atoms with Crippen LogP contribution in [0, 0.1) is 6.92 Å². The molecule has 4 heteroatoms. The predicted molar refractivity (Wildman–Crippen MR) is 57.6 cm³/mol. The Labute approximate surface area is 90.6 Å². The van der Waals surface area contributed by atoms with Crippen molar-refractivity contribution in [3.05, 3.63) is 29.3 Å². The molecule has 15 heavy (non-hydrogen) atoms. The van der Waals surface area contributed by atoms with Gasteiger partial charge in [0.1, 0.15) is 0 Å². The lowest BCUT2D eigenvalue weighted by Gasteiger charge is -2.04. The van der Waals surface area contributed by atoms with Crippen molar-refractivity contribution in [2.75, 3.05) is 0 Å². The van der Waals surface area contributed by atoms with Gasteiger partial charge < -0.3 is 5.11 Å². The lowest BCUT2D eigenvalue weighted by molar-refractivity contribution is 0.0696. The average molecular weight is 224 g/mol. The molecule has 0 radical (unpaired) electrons. The second-order valence-electron chi connectivity index (χ2n) is 3.78. The van der Waals surface area contributed by atoms with Crippen LogP contribution in [0.2, 0.25) is 0 Å². The third-order valence-electron chi connectivity index (χ3n) is 2.50. The minimum atomic E-state index is -1.02. The Hall–Kier alpha value is -1.16. The standard InChI is InChI=1S/C11H12O3S/c1-7-2-3-9(6-10(7)11(12)13)15(14)8-4-5-8/h2-3,6,8H,4-5H2,1H3,(H,12,13). The Kier molecular flexibility index (Phi) is 2.61. The van der Waals surface area contributed by atoms with E-state index >= 15 is 0 Å². The number of carboxylic acid groups (broad SMARTS) is 1. The summed E-state index contributed by atoms with van der Waals surface area (Å²) in [5, 5.41) is 9.17. The van der Waals surface area contributed by atoms with Gasteiger partial charge in [-0.15, -0.1) is 0 Å². The molecule has 1 fully saturated rings. The van der Waals surface area contributed by atoms with Gasteiger partial charge in [-0.2, -0.15) is 0 Å². The molecule has 1 aromatic rings. The molecule has 0 amide bonds. The van der Waals surface area contributed by atoms with Crippen LogP contribution in [0.15, 0.2) is 23.1 Å². The Morgan fingerprint density at radius 2 is 2.13 bits per heavy atom. The number of benzene rings is 1. The first-order chi connectivity index (χ1) is 7.09. The van der Waals surface area contributed by atoms with Gasteiger partial charge >= 0.3 is 5.97 Å². The third-order valence-corrected chi connectivity index (χ3v) is 4.29. The van der Waals surface area contributed by atoms with E-state index in [1.165, 1.54) is 6.07 Å². The van der Waals surface area contributed by atoms with E-state index in [2.05, 4.69) is 0 Å². The molecule has 0 aromatic heterocycles. The molecular formula is C11H12O3S. The second kappa shape index (κ2) is 3.77. The molecule has 1 unspecified atom stereocenters. The predicted octanol–water partition coefficient (Wildman–Crippen LogP) is 1.96. The summed E-state index contributed by atoms with van der Waals surface area (Å²) in [6.07, 6.45) is 1.98. The van der Waals surface area contributed by atoms with Crippen LogP contribution in [0.5, 0.6) is 0 Å². The van der Waals surface area contributed by atoms with E-state index in [-0.39, 0.29) is 10.8 Å². The molecule has 1 atom stereocenters. The van der Waals surface area contributed by atoms with Gasteiger partial charge in [0.25, 0.3) is 0 Å². The quantitative estimate of drug-likeness (QED) is 0.854. The van der Waals surface area contributed by atoms with E-state index < -0.39 is 16.8 Å². The first-order valence-corrected chi connectivity index (χ1v) is 6.05. The van der Waals surface area contributed by atoms with E-state index in [1.54, 1.807) is 19.1 Å². The highest BCUT2D eigenvalue weighted by atomic mass is 32.2. The molecule has 3 nitrogen and oxygen atoms in total. The maximum absolute atomic E-state index is 11.8. The summed E-state index contributed by atoms with van der Waals surface area (Å²) in [6, 6.07) is 5.02. The van der Waals surface area contributed by atoms with Crippen LogP contribution in [-0.2, 0) is 10.8 Å². The van der Waals surface area contributed by atoms with Gasteiger partial charge in [0.05, 0.1) is 16.4 Å². The van der Waals surface area contributed by atoms with Crippen molar-refractivity contribution in [2.24, 2.45) is 0 Å². The molecule has 0 heterocycles. The van der Waals surface area contributed by atoms with E-state index in [0.717, 1.165) is 12.8 Å². The molecule has 1 aliphatic rings. The molecule has 0 saturated heterocycles. The minimum Gasteiger partial charge on any atom is -0.478 e. The molecular weight excluding hydrogens is 212 g/mol. The molecule has 1 aliphatic carbocycles. The van der Waals surface area contributed by atoms with Crippen molar-refractivity contribution in [3.63, 3.8) is 0 Å². The topological polar surface area (TPSA) is 54.4 Å². The molecule has 1 aromatic carbocycles. The minimum absolute atomic E-state index is 0.245. The summed E-state index contributed by atoms with van der Waals surface area (Å²) in [5.41, 5.74) is 0.959. The van der Waals surface area contributed by atoms with E-state index in [1.807, 2.05) is 0 Å². The van der Waals surface area contributed by atoms with Gasteiger partial charge in [-0.25, -0.2) is 4.79 Å². The number of aryl methyl sites for hydroxylation is 1. The van der Waals surface area contributed by atoms with Crippen LogP contribution in [0.1, 0.15) is 28.8 Å². The fraction of sp³-hybridized carbons (Fsp3) is 0.364. The van der Waals surface area contributed by atoms with E-state index in [0.29, 0.717) is 10.5 Å². The zero-order chi connectivity index (χ0) is 11.0. The van der Waals surface area contributed by atoms with Crippen molar-refractivity contribution in [3.8, 4) is 0 Å². The fourth-order valence-corrected chi connectivity index (χ4v) is 2.82.